The molecular weight excluding hydrogens is 363 g/mol. The Bertz CT molecular complexity index is 672. The molecule has 0 bridgehead atoms. The van der Waals surface area contributed by atoms with E-state index in [1.807, 2.05) is 0 Å². The number of alkyl halides is 2. The van der Waals surface area contributed by atoms with E-state index >= 15 is 0 Å². The molecule has 1 aliphatic carbocycles. The zero-order chi connectivity index (χ0) is 17.4. The molecule has 2 N–H and O–H groups in total. The molecule has 23 heavy (non-hydrogen) atoms. The summed E-state index contributed by atoms with van der Waals surface area (Å²) in [7, 11) is 1.49. The van der Waals surface area contributed by atoms with Gasteiger partial charge in [-0.15, -0.1) is 34.5 Å². The van der Waals surface area contributed by atoms with Gasteiger partial charge >= 0.3 is 5.97 Å². The Morgan fingerprint density at radius 2 is 2.00 bits per heavy atom. The Labute approximate surface area is 147 Å². The molecule has 1 saturated carbocycles. The van der Waals surface area contributed by atoms with Gasteiger partial charge in [0, 0.05) is 7.05 Å². The van der Waals surface area contributed by atoms with Crippen LogP contribution in [-0.2, 0) is 9.53 Å². The summed E-state index contributed by atoms with van der Waals surface area (Å²) >= 11 is 12.8. The molecule has 1 unspecified atom stereocenters. The van der Waals surface area contributed by atoms with Gasteiger partial charge in [-0.25, -0.2) is 4.79 Å². The summed E-state index contributed by atoms with van der Waals surface area (Å²) in [6.45, 7) is 3.50. The number of thiophene rings is 1. The number of hydrogen-bond donors (Lipinski definition) is 2. The highest BCUT2D eigenvalue weighted by Crippen LogP contribution is 2.53. The van der Waals surface area contributed by atoms with Gasteiger partial charge in [0.15, 0.2) is 0 Å². The van der Waals surface area contributed by atoms with E-state index in [0.717, 1.165) is 11.3 Å². The van der Waals surface area contributed by atoms with Gasteiger partial charge in [0.2, 0.25) is 5.91 Å². The van der Waals surface area contributed by atoms with Crippen LogP contribution < -0.4 is 10.6 Å². The third-order valence-electron chi connectivity index (χ3n) is 3.44. The molecule has 126 valence electrons. The molecule has 1 atom stereocenters. The predicted molar refractivity (Wildman–Crippen MR) is 89.6 cm³/mol. The van der Waals surface area contributed by atoms with Crippen molar-refractivity contribution in [3.05, 3.63) is 16.0 Å². The molecule has 6 nitrogen and oxygen atoms in total. The minimum absolute atomic E-state index is 0.180. The number of rotatable bonds is 5. The van der Waals surface area contributed by atoms with Gasteiger partial charge in [0.25, 0.3) is 5.91 Å². The Morgan fingerprint density at radius 1 is 1.39 bits per heavy atom. The van der Waals surface area contributed by atoms with Gasteiger partial charge in [0.05, 0.1) is 23.0 Å². The predicted octanol–water partition coefficient (Wildman–Crippen LogP) is 2.73. The van der Waals surface area contributed by atoms with Gasteiger partial charge in [0.1, 0.15) is 9.33 Å². The van der Waals surface area contributed by atoms with Crippen LogP contribution >= 0.6 is 34.5 Å². The summed E-state index contributed by atoms with van der Waals surface area (Å²) < 4.78 is 3.94. The molecule has 1 aliphatic rings. The average molecular weight is 379 g/mol. The second-order valence-electron chi connectivity index (χ2n) is 5.07. The second kappa shape index (κ2) is 6.67. The lowest BCUT2D eigenvalue weighted by Crippen LogP contribution is -2.18. The first kappa shape index (κ1) is 18.0. The van der Waals surface area contributed by atoms with Crippen LogP contribution in [0.4, 0.5) is 5.00 Å². The Hall–Kier alpha value is -1.31. The largest absolute Gasteiger partial charge is 0.462 e. The number of ether oxygens (including phenoxy) is 1. The average Bonchev–Trinajstić information content (AvgIpc) is 3.00. The highest BCUT2D eigenvalue weighted by Gasteiger charge is 2.56. The maximum absolute atomic E-state index is 12.2. The molecule has 1 aromatic heterocycles. The van der Waals surface area contributed by atoms with Crippen LogP contribution in [0.15, 0.2) is 0 Å². The molecule has 0 aliphatic heterocycles. The van der Waals surface area contributed by atoms with E-state index in [-0.39, 0.29) is 29.0 Å². The number of anilines is 1. The molecule has 0 radical (unpaired) electrons. The minimum Gasteiger partial charge on any atom is -0.462 e. The Kier molecular flexibility index (Phi) is 5.23. The summed E-state index contributed by atoms with van der Waals surface area (Å²) in [5.41, 5.74) is 0.640. The van der Waals surface area contributed by atoms with Crippen LogP contribution in [0.5, 0.6) is 0 Å². The van der Waals surface area contributed by atoms with E-state index in [9.17, 15) is 14.4 Å². The van der Waals surface area contributed by atoms with Crippen LogP contribution in [0.3, 0.4) is 0 Å². The first-order valence-corrected chi connectivity index (χ1v) is 8.51. The van der Waals surface area contributed by atoms with Crippen molar-refractivity contribution in [2.45, 2.75) is 24.6 Å². The van der Waals surface area contributed by atoms with Crippen LogP contribution in [0.1, 0.15) is 38.9 Å². The number of hydrogen-bond acceptors (Lipinski definition) is 5. The van der Waals surface area contributed by atoms with E-state index in [2.05, 4.69) is 10.6 Å². The number of esters is 1. The van der Waals surface area contributed by atoms with Crippen molar-refractivity contribution in [2.75, 3.05) is 19.0 Å². The fourth-order valence-electron chi connectivity index (χ4n) is 2.08. The molecule has 0 aromatic carbocycles. The van der Waals surface area contributed by atoms with Crippen molar-refractivity contribution in [2.24, 2.45) is 5.92 Å². The standard InChI is InChI=1S/C14H16Cl2N2O4S/c1-4-22-13(21)8-6(2)9(11(20)17-3)23-12(8)18-10(19)7-5-14(7,15)16/h7H,4-5H2,1-3H3,(H,17,20)(H,18,19). The Morgan fingerprint density at radius 3 is 2.48 bits per heavy atom. The number of halogens is 2. The molecule has 2 amide bonds. The first-order chi connectivity index (χ1) is 10.7. The monoisotopic (exact) mass is 378 g/mol. The molecular formula is C14H16Cl2N2O4S. The summed E-state index contributed by atoms with van der Waals surface area (Å²) in [6.07, 6.45) is 0.351. The van der Waals surface area contributed by atoms with Crippen molar-refractivity contribution in [1.29, 1.82) is 0 Å². The smallest absolute Gasteiger partial charge is 0.341 e. The maximum atomic E-state index is 12.2. The molecule has 0 spiro atoms. The van der Waals surface area contributed by atoms with Crippen molar-refractivity contribution < 1.29 is 19.1 Å². The van der Waals surface area contributed by atoms with E-state index in [1.165, 1.54) is 7.05 Å². The molecule has 0 saturated heterocycles. The normalized spacial score (nSPS) is 18.2. The summed E-state index contributed by atoms with van der Waals surface area (Å²) in [4.78, 5) is 36.6. The SMILES string of the molecule is CCOC(=O)c1c(NC(=O)C2CC2(Cl)Cl)sc(C(=O)NC)c1C. The lowest BCUT2D eigenvalue weighted by atomic mass is 10.1. The third kappa shape index (κ3) is 3.62. The van der Waals surface area contributed by atoms with Gasteiger partial charge in [-0.2, -0.15) is 0 Å². The molecule has 9 heteroatoms. The lowest BCUT2D eigenvalue weighted by molar-refractivity contribution is -0.117. The van der Waals surface area contributed by atoms with Gasteiger partial charge in [-0.1, -0.05) is 0 Å². The van der Waals surface area contributed by atoms with E-state index in [4.69, 9.17) is 27.9 Å². The summed E-state index contributed by atoms with van der Waals surface area (Å²) in [6, 6.07) is 0. The number of carbonyl (C=O) groups excluding carboxylic acids is 3. The quantitative estimate of drug-likeness (QED) is 0.609. The van der Waals surface area contributed by atoms with Gasteiger partial charge < -0.3 is 15.4 Å². The minimum atomic E-state index is -1.07. The first-order valence-electron chi connectivity index (χ1n) is 6.94. The summed E-state index contributed by atoms with van der Waals surface area (Å²) in [5, 5.41) is 5.40. The van der Waals surface area contributed by atoms with Crippen molar-refractivity contribution in [1.82, 2.24) is 5.32 Å². The number of amides is 2. The second-order valence-corrected chi connectivity index (χ2v) is 7.63. The number of carbonyl (C=O) groups is 3. The van der Waals surface area contributed by atoms with Crippen LogP contribution in [0.25, 0.3) is 0 Å². The van der Waals surface area contributed by atoms with Crippen LogP contribution in [0, 0.1) is 12.8 Å². The van der Waals surface area contributed by atoms with E-state index < -0.39 is 16.2 Å². The fourth-order valence-corrected chi connectivity index (χ4v) is 3.73. The van der Waals surface area contributed by atoms with Crippen LogP contribution in [-0.4, -0.2) is 35.8 Å². The zero-order valence-electron chi connectivity index (χ0n) is 12.8. The van der Waals surface area contributed by atoms with E-state index in [1.54, 1.807) is 13.8 Å². The third-order valence-corrected chi connectivity index (χ3v) is 5.48. The zero-order valence-corrected chi connectivity index (χ0v) is 15.1. The van der Waals surface area contributed by atoms with Gasteiger partial charge in [-0.3, -0.25) is 9.59 Å². The van der Waals surface area contributed by atoms with Crippen molar-refractivity contribution in [3.63, 3.8) is 0 Å². The highest BCUT2D eigenvalue weighted by molar-refractivity contribution is 7.18. The van der Waals surface area contributed by atoms with Crippen molar-refractivity contribution >= 4 is 57.3 Å². The lowest BCUT2D eigenvalue weighted by Gasteiger charge is -2.07. The molecule has 1 fully saturated rings. The van der Waals surface area contributed by atoms with Crippen molar-refractivity contribution in [3.8, 4) is 0 Å². The molecule has 1 heterocycles. The van der Waals surface area contributed by atoms with Crippen LogP contribution in [0.2, 0.25) is 0 Å². The topological polar surface area (TPSA) is 84.5 Å². The Balaban J connectivity index is 2.34. The summed E-state index contributed by atoms with van der Waals surface area (Å²) in [5.74, 6) is -1.85. The number of nitrogens with one attached hydrogen (secondary N) is 2. The fraction of sp³-hybridized carbons (Fsp3) is 0.500. The highest BCUT2D eigenvalue weighted by atomic mass is 35.5. The maximum Gasteiger partial charge on any atom is 0.341 e. The van der Waals surface area contributed by atoms with E-state index in [0.29, 0.717) is 16.9 Å². The molecule has 1 aromatic rings. The molecule has 2 rings (SSSR count). The van der Waals surface area contributed by atoms with Gasteiger partial charge in [-0.05, 0) is 25.8 Å².